The van der Waals surface area contributed by atoms with Gasteiger partial charge >= 0.3 is 0 Å². The molecule has 3 heteroatoms. The summed E-state index contributed by atoms with van der Waals surface area (Å²) in [5.74, 6) is -0.225. The summed E-state index contributed by atoms with van der Waals surface area (Å²) in [5.41, 5.74) is 1.02. The van der Waals surface area contributed by atoms with Crippen LogP contribution in [-0.4, -0.2) is 17.8 Å². The van der Waals surface area contributed by atoms with Gasteiger partial charge in [0.1, 0.15) is 5.82 Å². The highest BCUT2D eigenvalue weighted by molar-refractivity contribution is 5.19. The SMILES string of the molecule is CC(O)CN[C@@H](C)c1ccc(F)cc1. The summed E-state index contributed by atoms with van der Waals surface area (Å²) < 4.78 is 12.6. The predicted octanol–water partition coefficient (Wildman–Crippen LogP) is 1.86. The Morgan fingerprint density at radius 1 is 1.29 bits per heavy atom. The van der Waals surface area contributed by atoms with Crippen LogP contribution < -0.4 is 5.32 Å². The fourth-order valence-corrected chi connectivity index (χ4v) is 1.22. The Balaban J connectivity index is 2.52. The lowest BCUT2D eigenvalue weighted by atomic mass is 10.1. The summed E-state index contributed by atoms with van der Waals surface area (Å²) >= 11 is 0. The molecule has 0 amide bonds. The third kappa shape index (κ3) is 3.44. The molecule has 0 aromatic heterocycles. The summed E-state index contributed by atoms with van der Waals surface area (Å²) in [5, 5.41) is 12.2. The van der Waals surface area contributed by atoms with Gasteiger partial charge in [-0.25, -0.2) is 4.39 Å². The fraction of sp³-hybridized carbons (Fsp3) is 0.455. The van der Waals surface area contributed by atoms with Crippen LogP contribution in [0.2, 0.25) is 0 Å². The molecule has 0 fully saturated rings. The van der Waals surface area contributed by atoms with Crippen LogP contribution in [0.3, 0.4) is 0 Å². The second kappa shape index (κ2) is 5.08. The number of hydrogen-bond acceptors (Lipinski definition) is 2. The highest BCUT2D eigenvalue weighted by atomic mass is 19.1. The molecule has 0 saturated carbocycles. The van der Waals surface area contributed by atoms with Crippen LogP contribution in [0.4, 0.5) is 4.39 Å². The van der Waals surface area contributed by atoms with E-state index in [9.17, 15) is 4.39 Å². The summed E-state index contributed by atoms with van der Waals surface area (Å²) in [6, 6.07) is 6.50. The molecule has 2 atom stereocenters. The Labute approximate surface area is 83.8 Å². The molecule has 1 aromatic rings. The highest BCUT2D eigenvalue weighted by Crippen LogP contribution is 2.12. The molecule has 0 radical (unpaired) electrons. The van der Waals surface area contributed by atoms with Crippen LogP contribution in [0, 0.1) is 5.82 Å². The van der Waals surface area contributed by atoms with Crippen molar-refractivity contribution in [1.82, 2.24) is 5.32 Å². The maximum atomic E-state index is 12.6. The standard InChI is InChI=1S/C11H16FNO/c1-8(14)7-13-9(2)10-3-5-11(12)6-4-10/h3-6,8-9,13-14H,7H2,1-2H3/t8?,9-/m0/s1. The number of halogens is 1. The molecule has 0 saturated heterocycles. The van der Waals surface area contributed by atoms with Crippen molar-refractivity contribution in [3.05, 3.63) is 35.6 Å². The van der Waals surface area contributed by atoms with E-state index in [4.69, 9.17) is 5.11 Å². The van der Waals surface area contributed by atoms with Gasteiger partial charge in [-0.1, -0.05) is 12.1 Å². The highest BCUT2D eigenvalue weighted by Gasteiger charge is 2.05. The molecule has 0 bridgehead atoms. The van der Waals surface area contributed by atoms with Gasteiger partial charge in [0.2, 0.25) is 0 Å². The number of nitrogens with one attached hydrogen (secondary N) is 1. The van der Waals surface area contributed by atoms with Crippen molar-refractivity contribution in [3.63, 3.8) is 0 Å². The van der Waals surface area contributed by atoms with Gasteiger partial charge in [-0.05, 0) is 31.5 Å². The van der Waals surface area contributed by atoms with Crippen LogP contribution in [-0.2, 0) is 0 Å². The molecule has 78 valence electrons. The lowest BCUT2D eigenvalue weighted by molar-refractivity contribution is 0.187. The molecule has 0 aliphatic heterocycles. The third-order valence-electron chi connectivity index (χ3n) is 2.09. The molecule has 1 unspecified atom stereocenters. The first kappa shape index (κ1) is 11.1. The zero-order valence-corrected chi connectivity index (χ0v) is 8.50. The lowest BCUT2D eigenvalue weighted by Gasteiger charge is -2.15. The Bertz CT molecular complexity index is 271. The van der Waals surface area contributed by atoms with Crippen molar-refractivity contribution in [2.45, 2.75) is 26.0 Å². The summed E-state index contributed by atoms with van der Waals surface area (Å²) in [4.78, 5) is 0. The largest absolute Gasteiger partial charge is 0.392 e. The first-order valence-corrected chi connectivity index (χ1v) is 4.76. The van der Waals surface area contributed by atoms with Crippen LogP contribution >= 0.6 is 0 Å². The second-order valence-electron chi connectivity index (χ2n) is 3.53. The van der Waals surface area contributed by atoms with Crippen LogP contribution in [0.5, 0.6) is 0 Å². The van der Waals surface area contributed by atoms with Crippen molar-refractivity contribution >= 4 is 0 Å². The second-order valence-corrected chi connectivity index (χ2v) is 3.53. The molecular weight excluding hydrogens is 181 g/mol. The number of rotatable bonds is 4. The first-order chi connectivity index (χ1) is 6.59. The van der Waals surface area contributed by atoms with Crippen molar-refractivity contribution in [1.29, 1.82) is 0 Å². The molecule has 2 nitrogen and oxygen atoms in total. The number of aliphatic hydroxyl groups is 1. The number of hydrogen-bond donors (Lipinski definition) is 2. The summed E-state index contributed by atoms with van der Waals surface area (Å²) in [6.45, 7) is 4.25. The van der Waals surface area contributed by atoms with Crippen molar-refractivity contribution in [2.24, 2.45) is 0 Å². The zero-order chi connectivity index (χ0) is 10.6. The molecule has 0 heterocycles. The summed E-state index contributed by atoms with van der Waals surface area (Å²) in [7, 11) is 0. The number of aliphatic hydroxyl groups excluding tert-OH is 1. The smallest absolute Gasteiger partial charge is 0.123 e. The van der Waals surface area contributed by atoms with E-state index >= 15 is 0 Å². The maximum absolute atomic E-state index is 12.6. The van der Waals surface area contributed by atoms with E-state index < -0.39 is 0 Å². The Hall–Kier alpha value is -0.930. The van der Waals surface area contributed by atoms with Crippen LogP contribution in [0.1, 0.15) is 25.5 Å². The van der Waals surface area contributed by atoms with E-state index in [0.29, 0.717) is 6.54 Å². The van der Waals surface area contributed by atoms with Gasteiger partial charge in [0.15, 0.2) is 0 Å². The minimum atomic E-state index is -0.363. The van der Waals surface area contributed by atoms with Crippen molar-refractivity contribution in [3.8, 4) is 0 Å². The van der Waals surface area contributed by atoms with Gasteiger partial charge in [0.25, 0.3) is 0 Å². The van der Waals surface area contributed by atoms with Gasteiger partial charge in [0.05, 0.1) is 6.10 Å². The molecule has 1 aromatic carbocycles. The first-order valence-electron chi connectivity index (χ1n) is 4.76. The molecule has 14 heavy (non-hydrogen) atoms. The Morgan fingerprint density at radius 2 is 1.86 bits per heavy atom. The number of benzene rings is 1. The molecule has 1 rings (SSSR count). The van der Waals surface area contributed by atoms with Crippen molar-refractivity contribution in [2.75, 3.05) is 6.54 Å². The predicted molar refractivity (Wildman–Crippen MR) is 54.5 cm³/mol. The summed E-state index contributed by atoms with van der Waals surface area (Å²) in [6.07, 6.45) is -0.363. The minimum Gasteiger partial charge on any atom is -0.392 e. The molecule has 0 spiro atoms. The van der Waals surface area contributed by atoms with Gasteiger partial charge in [-0.3, -0.25) is 0 Å². The van der Waals surface area contributed by atoms with Gasteiger partial charge in [-0.2, -0.15) is 0 Å². The molecule has 0 aliphatic rings. The van der Waals surface area contributed by atoms with E-state index in [0.717, 1.165) is 5.56 Å². The third-order valence-corrected chi connectivity index (χ3v) is 2.09. The van der Waals surface area contributed by atoms with Gasteiger partial charge < -0.3 is 10.4 Å². The normalized spacial score (nSPS) is 15.1. The fourth-order valence-electron chi connectivity index (χ4n) is 1.22. The zero-order valence-electron chi connectivity index (χ0n) is 8.50. The maximum Gasteiger partial charge on any atom is 0.123 e. The van der Waals surface area contributed by atoms with Gasteiger partial charge in [-0.15, -0.1) is 0 Å². The van der Waals surface area contributed by atoms with E-state index in [1.54, 1.807) is 19.1 Å². The Morgan fingerprint density at radius 3 is 2.36 bits per heavy atom. The monoisotopic (exact) mass is 197 g/mol. The van der Waals surface area contributed by atoms with E-state index in [1.165, 1.54) is 12.1 Å². The average molecular weight is 197 g/mol. The average Bonchev–Trinajstić information content (AvgIpc) is 2.15. The van der Waals surface area contributed by atoms with E-state index in [1.807, 2.05) is 6.92 Å². The molecule has 0 aliphatic carbocycles. The van der Waals surface area contributed by atoms with E-state index in [-0.39, 0.29) is 18.0 Å². The molecule has 2 N–H and O–H groups in total. The molecular formula is C11H16FNO. The quantitative estimate of drug-likeness (QED) is 0.772. The van der Waals surface area contributed by atoms with Crippen molar-refractivity contribution < 1.29 is 9.50 Å². The Kier molecular flexibility index (Phi) is 4.04. The van der Waals surface area contributed by atoms with Crippen LogP contribution in [0.15, 0.2) is 24.3 Å². The van der Waals surface area contributed by atoms with E-state index in [2.05, 4.69) is 5.32 Å². The van der Waals surface area contributed by atoms with Crippen LogP contribution in [0.25, 0.3) is 0 Å². The minimum absolute atomic E-state index is 0.130. The topological polar surface area (TPSA) is 32.3 Å². The van der Waals surface area contributed by atoms with Gasteiger partial charge in [0, 0.05) is 12.6 Å². The lowest BCUT2D eigenvalue weighted by Crippen LogP contribution is -2.27.